The molecule has 5 nitrogen and oxygen atoms in total. The first-order valence-corrected chi connectivity index (χ1v) is 7.43. The van der Waals surface area contributed by atoms with Crippen LogP contribution < -0.4 is 10.6 Å². The number of hydrogen-bond acceptors (Lipinski definition) is 3. The van der Waals surface area contributed by atoms with Crippen molar-refractivity contribution in [2.75, 3.05) is 11.9 Å². The van der Waals surface area contributed by atoms with Gasteiger partial charge in [-0.15, -0.1) is 0 Å². The van der Waals surface area contributed by atoms with Crippen LogP contribution in [0, 0.1) is 5.92 Å². The van der Waals surface area contributed by atoms with Gasteiger partial charge in [0.15, 0.2) is 0 Å². The Balaban J connectivity index is 1.85. The topological polar surface area (TPSA) is 78.4 Å². The van der Waals surface area contributed by atoms with Crippen molar-refractivity contribution >= 4 is 17.5 Å². The lowest BCUT2D eigenvalue weighted by atomic mass is 10.1. The number of hydrogen-bond donors (Lipinski definition) is 3. The third-order valence-corrected chi connectivity index (χ3v) is 3.54. The number of carbonyl (C=O) groups excluding carboxylic acids is 2. The van der Waals surface area contributed by atoms with Crippen LogP contribution in [0.4, 0.5) is 5.69 Å². The minimum atomic E-state index is -0.138. The first-order valence-electron chi connectivity index (χ1n) is 7.43. The number of benzene rings is 1. The molecule has 3 N–H and O–H groups in total. The molecule has 1 aromatic rings. The van der Waals surface area contributed by atoms with E-state index in [1.165, 1.54) is 0 Å². The van der Waals surface area contributed by atoms with Gasteiger partial charge in [0.05, 0.1) is 0 Å². The van der Waals surface area contributed by atoms with Crippen molar-refractivity contribution in [3.63, 3.8) is 0 Å². The highest BCUT2D eigenvalue weighted by Gasteiger charge is 2.29. The van der Waals surface area contributed by atoms with Crippen molar-refractivity contribution in [1.29, 1.82) is 0 Å². The fourth-order valence-electron chi connectivity index (χ4n) is 2.07. The second-order valence-corrected chi connectivity index (χ2v) is 5.58. The van der Waals surface area contributed by atoms with Gasteiger partial charge in [0.2, 0.25) is 5.91 Å². The van der Waals surface area contributed by atoms with Crippen molar-refractivity contribution < 1.29 is 14.7 Å². The van der Waals surface area contributed by atoms with Crippen LogP contribution in [0.15, 0.2) is 24.3 Å². The molecule has 0 aromatic heterocycles. The van der Waals surface area contributed by atoms with E-state index in [1.807, 2.05) is 6.92 Å². The molecule has 114 valence electrons. The van der Waals surface area contributed by atoms with Gasteiger partial charge in [0.1, 0.15) is 0 Å². The minimum absolute atomic E-state index is 0.0268. The Morgan fingerprint density at radius 2 is 1.95 bits per heavy atom. The molecule has 0 bridgehead atoms. The number of carbonyl (C=O) groups is 2. The minimum Gasteiger partial charge on any atom is -0.396 e. The summed E-state index contributed by atoms with van der Waals surface area (Å²) in [6, 6.07) is 6.92. The molecule has 1 saturated carbocycles. The molecule has 0 spiro atoms. The molecule has 0 saturated heterocycles. The average Bonchev–Trinajstić information content (AvgIpc) is 3.30. The highest BCUT2D eigenvalue weighted by molar-refractivity contribution is 5.96. The molecule has 1 aliphatic rings. The van der Waals surface area contributed by atoms with E-state index in [9.17, 15) is 9.59 Å². The maximum atomic E-state index is 12.0. The van der Waals surface area contributed by atoms with Crippen LogP contribution in [0.5, 0.6) is 0 Å². The Morgan fingerprint density at radius 3 is 2.52 bits per heavy atom. The predicted octanol–water partition coefficient (Wildman–Crippen LogP) is 1.93. The molecule has 2 amide bonds. The SMILES string of the molecule is CC(CCCO)NC(=O)c1ccc(NC(=O)C2CC2)cc1. The predicted molar refractivity (Wildman–Crippen MR) is 81.0 cm³/mol. The zero-order valence-electron chi connectivity index (χ0n) is 12.3. The summed E-state index contributed by atoms with van der Waals surface area (Å²) in [5, 5.41) is 14.5. The quantitative estimate of drug-likeness (QED) is 0.718. The van der Waals surface area contributed by atoms with Gasteiger partial charge in [0.25, 0.3) is 5.91 Å². The first kappa shape index (κ1) is 15.5. The monoisotopic (exact) mass is 290 g/mol. The number of amides is 2. The fourth-order valence-corrected chi connectivity index (χ4v) is 2.07. The maximum absolute atomic E-state index is 12.0. The standard InChI is InChI=1S/C16H22N2O3/c1-11(3-2-10-19)17-15(20)13-6-8-14(9-7-13)18-16(21)12-4-5-12/h6-9,11-12,19H,2-5,10H2,1H3,(H,17,20)(H,18,21). The van der Waals surface area contributed by atoms with Crippen LogP contribution in [0.25, 0.3) is 0 Å². The zero-order chi connectivity index (χ0) is 15.2. The molecule has 0 aliphatic heterocycles. The number of anilines is 1. The molecular weight excluding hydrogens is 268 g/mol. The second kappa shape index (κ2) is 7.22. The van der Waals surface area contributed by atoms with Crippen LogP contribution in [0.1, 0.15) is 43.0 Å². The van der Waals surface area contributed by atoms with E-state index < -0.39 is 0 Å². The molecule has 21 heavy (non-hydrogen) atoms. The zero-order valence-corrected chi connectivity index (χ0v) is 12.3. The summed E-state index contributed by atoms with van der Waals surface area (Å²) >= 11 is 0. The van der Waals surface area contributed by atoms with Crippen LogP contribution in [-0.4, -0.2) is 29.6 Å². The highest BCUT2D eigenvalue weighted by Crippen LogP contribution is 2.30. The summed E-state index contributed by atoms with van der Waals surface area (Å²) < 4.78 is 0. The van der Waals surface area contributed by atoms with Gasteiger partial charge in [-0.05, 0) is 56.9 Å². The largest absolute Gasteiger partial charge is 0.396 e. The van der Waals surface area contributed by atoms with Gasteiger partial charge in [-0.1, -0.05) is 0 Å². The van der Waals surface area contributed by atoms with Crippen molar-refractivity contribution in [2.24, 2.45) is 5.92 Å². The summed E-state index contributed by atoms with van der Waals surface area (Å²) in [6.45, 7) is 2.05. The fraction of sp³-hybridized carbons (Fsp3) is 0.500. The van der Waals surface area contributed by atoms with E-state index in [0.717, 1.165) is 24.9 Å². The third-order valence-electron chi connectivity index (χ3n) is 3.54. The molecule has 1 atom stereocenters. The molecule has 1 fully saturated rings. The van der Waals surface area contributed by atoms with Crippen molar-refractivity contribution in [3.05, 3.63) is 29.8 Å². The Morgan fingerprint density at radius 1 is 1.29 bits per heavy atom. The molecule has 5 heteroatoms. The normalized spacial score (nSPS) is 15.3. The van der Waals surface area contributed by atoms with Gasteiger partial charge < -0.3 is 15.7 Å². The summed E-state index contributed by atoms with van der Waals surface area (Å²) in [4.78, 5) is 23.6. The maximum Gasteiger partial charge on any atom is 0.251 e. The van der Waals surface area contributed by atoms with Gasteiger partial charge in [0, 0.05) is 29.8 Å². The molecule has 1 aliphatic carbocycles. The number of aliphatic hydroxyl groups excluding tert-OH is 1. The van der Waals surface area contributed by atoms with Crippen LogP contribution in [0.2, 0.25) is 0 Å². The average molecular weight is 290 g/mol. The Kier molecular flexibility index (Phi) is 5.33. The highest BCUT2D eigenvalue weighted by atomic mass is 16.3. The van der Waals surface area contributed by atoms with E-state index in [2.05, 4.69) is 10.6 Å². The van der Waals surface area contributed by atoms with E-state index in [1.54, 1.807) is 24.3 Å². The van der Waals surface area contributed by atoms with Gasteiger partial charge >= 0.3 is 0 Å². The van der Waals surface area contributed by atoms with E-state index in [0.29, 0.717) is 12.0 Å². The Labute approximate surface area is 124 Å². The van der Waals surface area contributed by atoms with E-state index in [4.69, 9.17) is 5.11 Å². The lowest BCUT2D eigenvalue weighted by Crippen LogP contribution is -2.32. The number of rotatable bonds is 7. The lowest BCUT2D eigenvalue weighted by molar-refractivity contribution is -0.117. The van der Waals surface area contributed by atoms with Gasteiger partial charge in [-0.2, -0.15) is 0 Å². The van der Waals surface area contributed by atoms with Gasteiger partial charge in [-0.3, -0.25) is 9.59 Å². The Bertz CT molecular complexity index is 495. The molecular formula is C16H22N2O3. The lowest BCUT2D eigenvalue weighted by Gasteiger charge is -2.13. The molecule has 1 unspecified atom stereocenters. The molecule has 1 aromatic carbocycles. The van der Waals surface area contributed by atoms with Crippen LogP contribution in [-0.2, 0) is 4.79 Å². The van der Waals surface area contributed by atoms with Crippen molar-refractivity contribution in [2.45, 2.75) is 38.6 Å². The van der Waals surface area contributed by atoms with Crippen molar-refractivity contribution in [1.82, 2.24) is 5.32 Å². The molecule has 0 heterocycles. The number of nitrogens with one attached hydrogen (secondary N) is 2. The van der Waals surface area contributed by atoms with E-state index >= 15 is 0 Å². The van der Waals surface area contributed by atoms with E-state index in [-0.39, 0.29) is 30.4 Å². The summed E-state index contributed by atoms with van der Waals surface area (Å²) in [5.41, 5.74) is 1.28. The van der Waals surface area contributed by atoms with Gasteiger partial charge in [-0.25, -0.2) is 0 Å². The van der Waals surface area contributed by atoms with Crippen LogP contribution in [0.3, 0.4) is 0 Å². The first-order chi connectivity index (χ1) is 10.1. The second-order valence-electron chi connectivity index (χ2n) is 5.58. The molecule has 2 rings (SSSR count). The third kappa shape index (κ3) is 4.86. The molecule has 0 radical (unpaired) electrons. The smallest absolute Gasteiger partial charge is 0.251 e. The summed E-state index contributed by atoms with van der Waals surface area (Å²) in [6.07, 6.45) is 3.36. The summed E-state index contributed by atoms with van der Waals surface area (Å²) in [5.74, 6) is 0.0886. The number of aliphatic hydroxyl groups is 1. The Hall–Kier alpha value is -1.88. The van der Waals surface area contributed by atoms with Crippen LogP contribution >= 0.6 is 0 Å². The summed E-state index contributed by atoms with van der Waals surface area (Å²) in [7, 11) is 0. The van der Waals surface area contributed by atoms with Crippen molar-refractivity contribution in [3.8, 4) is 0 Å².